The van der Waals surface area contributed by atoms with Crippen LogP contribution < -0.4 is 11.1 Å². The monoisotopic (exact) mass is 297 g/mol. The summed E-state index contributed by atoms with van der Waals surface area (Å²) in [7, 11) is 0. The van der Waals surface area contributed by atoms with Crippen LogP contribution in [0.15, 0.2) is 36.7 Å². The molecule has 118 valence electrons. The summed E-state index contributed by atoms with van der Waals surface area (Å²) in [6.07, 6.45) is 9.69. The third-order valence-corrected chi connectivity index (χ3v) is 5.47. The number of nitrogens with zero attached hydrogens (tertiary/aromatic N) is 1. The van der Waals surface area contributed by atoms with E-state index in [9.17, 15) is 0 Å². The first-order valence-electron chi connectivity index (χ1n) is 8.46. The molecule has 0 bridgehead atoms. The number of pyridine rings is 1. The Morgan fingerprint density at radius 2 is 2.05 bits per heavy atom. The number of nitrogens with two attached hydrogens (primary N) is 1. The van der Waals surface area contributed by atoms with E-state index in [-0.39, 0.29) is 0 Å². The molecular weight excluding hydrogens is 270 g/mol. The Labute approximate surface area is 133 Å². The molecule has 1 fully saturated rings. The van der Waals surface area contributed by atoms with Crippen molar-refractivity contribution in [1.29, 1.82) is 0 Å². The van der Waals surface area contributed by atoms with Gasteiger partial charge in [0.15, 0.2) is 0 Å². The molecule has 1 aliphatic rings. The molecular formula is C19H27N3. The number of hydrogen-bond donors (Lipinski definition) is 2. The molecule has 1 atom stereocenters. The van der Waals surface area contributed by atoms with E-state index in [1.807, 2.05) is 12.4 Å². The standard InChI is InChI=1S/C19H27N3/c1-3-18(20)19(2)9-6-16(7-10-19)22-17-5-4-15-13-21-11-8-14(15)12-17/h4-5,8,11-13,16,18,22H,3,6-7,9-10,20H2,1-2H3. The van der Waals surface area contributed by atoms with Gasteiger partial charge >= 0.3 is 0 Å². The van der Waals surface area contributed by atoms with Crippen molar-refractivity contribution in [3.05, 3.63) is 36.7 Å². The van der Waals surface area contributed by atoms with Crippen molar-refractivity contribution in [2.24, 2.45) is 11.1 Å². The number of rotatable bonds is 4. The molecule has 1 heterocycles. The van der Waals surface area contributed by atoms with E-state index in [2.05, 4.69) is 48.4 Å². The van der Waals surface area contributed by atoms with E-state index in [4.69, 9.17) is 5.73 Å². The minimum absolute atomic E-state index is 0.321. The molecule has 3 N–H and O–H groups in total. The molecule has 0 amide bonds. The summed E-state index contributed by atoms with van der Waals surface area (Å²) in [4.78, 5) is 4.17. The Balaban J connectivity index is 1.64. The summed E-state index contributed by atoms with van der Waals surface area (Å²) < 4.78 is 0. The first-order valence-corrected chi connectivity index (χ1v) is 8.46. The number of anilines is 1. The van der Waals surface area contributed by atoms with Crippen molar-refractivity contribution >= 4 is 16.5 Å². The van der Waals surface area contributed by atoms with E-state index >= 15 is 0 Å². The van der Waals surface area contributed by atoms with Crippen LogP contribution in [-0.4, -0.2) is 17.1 Å². The Morgan fingerprint density at radius 1 is 1.27 bits per heavy atom. The molecule has 3 nitrogen and oxygen atoms in total. The number of hydrogen-bond acceptors (Lipinski definition) is 3. The predicted octanol–water partition coefficient (Wildman–Crippen LogP) is 4.33. The van der Waals surface area contributed by atoms with E-state index < -0.39 is 0 Å². The molecule has 2 aromatic rings. The molecule has 0 spiro atoms. The molecule has 1 aromatic carbocycles. The summed E-state index contributed by atoms with van der Waals surface area (Å²) >= 11 is 0. The van der Waals surface area contributed by atoms with Gasteiger partial charge in [-0.05, 0) is 61.1 Å². The Morgan fingerprint density at radius 3 is 2.77 bits per heavy atom. The van der Waals surface area contributed by atoms with Crippen LogP contribution in [0.2, 0.25) is 0 Å². The van der Waals surface area contributed by atoms with Gasteiger partial charge in [0.1, 0.15) is 0 Å². The quantitative estimate of drug-likeness (QED) is 0.883. The van der Waals surface area contributed by atoms with E-state index in [1.54, 1.807) is 0 Å². The third-order valence-electron chi connectivity index (χ3n) is 5.47. The Kier molecular flexibility index (Phi) is 4.34. The highest BCUT2D eigenvalue weighted by Crippen LogP contribution is 2.40. The van der Waals surface area contributed by atoms with Gasteiger partial charge in [0.25, 0.3) is 0 Å². The SMILES string of the molecule is CCC(N)C1(C)CCC(Nc2ccc3cnccc3c2)CC1. The fourth-order valence-corrected chi connectivity index (χ4v) is 3.69. The first-order chi connectivity index (χ1) is 10.6. The summed E-state index contributed by atoms with van der Waals surface area (Å²) in [5.74, 6) is 0. The zero-order valence-electron chi connectivity index (χ0n) is 13.7. The Bertz CT molecular complexity index is 629. The molecule has 1 saturated carbocycles. The average Bonchev–Trinajstić information content (AvgIpc) is 2.56. The highest BCUT2D eigenvalue weighted by atomic mass is 14.9. The normalized spacial score (nSPS) is 26.8. The van der Waals surface area contributed by atoms with Crippen LogP contribution in [0.5, 0.6) is 0 Å². The van der Waals surface area contributed by atoms with Gasteiger partial charge in [-0.3, -0.25) is 4.98 Å². The Hall–Kier alpha value is -1.61. The zero-order valence-corrected chi connectivity index (χ0v) is 13.7. The molecule has 1 aliphatic carbocycles. The van der Waals surface area contributed by atoms with Gasteiger partial charge in [0.2, 0.25) is 0 Å². The molecule has 0 saturated heterocycles. The zero-order chi connectivity index (χ0) is 15.6. The topological polar surface area (TPSA) is 50.9 Å². The number of fused-ring (bicyclic) bond motifs is 1. The number of aromatic nitrogens is 1. The molecule has 1 unspecified atom stereocenters. The lowest BCUT2D eigenvalue weighted by molar-refractivity contribution is 0.159. The van der Waals surface area contributed by atoms with Crippen LogP contribution in [0, 0.1) is 5.41 Å². The maximum absolute atomic E-state index is 6.32. The van der Waals surface area contributed by atoms with Crippen LogP contribution in [0.25, 0.3) is 10.8 Å². The second-order valence-electron chi connectivity index (χ2n) is 7.02. The summed E-state index contributed by atoms with van der Waals surface area (Å²) in [6.45, 7) is 4.56. The van der Waals surface area contributed by atoms with Gasteiger partial charge < -0.3 is 11.1 Å². The number of benzene rings is 1. The predicted molar refractivity (Wildman–Crippen MR) is 94.0 cm³/mol. The van der Waals surface area contributed by atoms with Crippen LogP contribution in [0.3, 0.4) is 0 Å². The van der Waals surface area contributed by atoms with Crippen LogP contribution in [-0.2, 0) is 0 Å². The lowest BCUT2D eigenvalue weighted by atomic mass is 9.69. The fourth-order valence-electron chi connectivity index (χ4n) is 3.69. The molecule has 0 aliphatic heterocycles. The first kappa shape index (κ1) is 15.3. The molecule has 3 heteroatoms. The maximum atomic E-state index is 6.32. The van der Waals surface area contributed by atoms with E-state index in [1.165, 1.54) is 42.1 Å². The maximum Gasteiger partial charge on any atom is 0.0348 e. The second kappa shape index (κ2) is 6.25. The molecule has 3 rings (SSSR count). The van der Waals surface area contributed by atoms with Gasteiger partial charge in [0.05, 0.1) is 0 Å². The molecule has 22 heavy (non-hydrogen) atoms. The summed E-state index contributed by atoms with van der Waals surface area (Å²) in [5, 5.41) is 6.14. The van der Waals surface area contributed by atoms with E-state index in [0.717, 1.165) is 6.42 Å². The summed E-state index contributed by atoms with van der Waals surface area (Å²) in [5.41, 5.74) is 7.85. The van der Waals surface area contributed by atoms with Crippen molar-refractivity contribution in [3.8, 4) is 0 Å². The van der Waals surface area contributed by atoms with Crippen molar-refractivity contribution in [2.75, 3.05) is 5.32 Å². The highest BCUT2D eigenvalue weighted by Gasteiger charge is 2.35. The molecule has 1 aromatic heterocycles. The second-order valence-corrected chi connectivity index (χ2v) is 7.02. The van der Waals surface area contributed by atoms with Crippen LogP contribution in [0.1, 0.15) is 46.0 Å². The van der Waals surface area contributed by atoms with Crippen molar-refractivity contribution in [3.63, 3.8) is 0 Å². The largest absolute Gasteiger partial charge is 0.382 e. The number of nitrogens with one attached hydrogen (secondary N) is 1. The third kappa shape index (κ3) is 3.09. The van der Waals surface area contributed by atoms with Gasteiger partial charge in [0, 0.05) is 35.6 Å². The highest BCUT2D eigenvalue weighted by molar-refractivity contribution is 5.84. The average molecular weight is 297 g/mol. The van der Waals surface area contributed by atoms with Gasteiger partial charge in [-0.15, -0.1) is 0 Å². The minimum atomic E-state index is 0.321. The summed E-state index contributed by atoms with van der Waals surface area (Å²) in [6, 6.07) is 9.50. The van der Waals surface area contributed by atoms with Crippen molar-refractivity contribution in [2.45, 2.75) is 58.0 Å². The lowest BCUT2D eigenvalue weighted by Crippen LogP contribution is -2.43. The van der Waals surface area contributed by atoms with Crippen molar-refractivity contribution in [1.82, 2.24) is 4.98 Å². The fraction of sp³-hybridized carbons (Fsp3) is 0.526. The molecule has 0 radical (unpaired) electrons. The van der Waals surface area contributed by atoms with Gasteiger partial charge in [-0.1, -0.05) is 19.9 Å². The van der Waals surface area contributed by atoms with Crippen LogP contribution in [0.4, 0.5) is 5.69 Å². The van der Waals surface area contributed by atoms with Gasteiger partial charge in [-0.2, -0.15) is 0 Å². The smallest absolute Gasteiger partial charge is 0.0348 e. The van der Waals surface area contributed by atoms with E-state index in [0.29, 0.717) is 17.5 Å². The lowest BCUT2D eigenvalue weighted by Gasteiger charge is -2.41. The minimum Gasteiger partial charge on any atom is -0.382 e. The van der Waals surface area contributed by atoms with Crippen molar-refractivity contribution < 1.29 is 0 Å². The van der Waals surface area contributed by atoms with Gasteiger partial charge in [-0.25, -0.2) is 0 Å². The van der Waals surface area contributed by atoms with Crippen LogP contribution >= 0.6 is 0 Å².